The predicted octanol–water partition coefficient (Wildman–Crippen LogP) is 1.39. The average molecular weight is 190 g/mol. The van der Waals surface area contributed by atoms with Crippen molar-refractivity contribution in [1.29, 1.82) is 0 Å². The van der Waals surface area contributed by atoms with Crippen LogP contribution in [0, 0.1) is 0 Å². The Morgan fingerprint density at radius 3 is 2.67 bits per heavy atom. The highest BCUT2D eigenvalue weighted by atomic mass is 35.5. The first kappa shape index (κ1) is 9.52. The molecule has 3 nitrogen and oxygen atoms in total. The Balaban J connectivity index is 2.73. The second kappa shape index (κ2) is 3.05. The van der Waals surface area contributed by atoms with E-state index in [-0.39, 0.29) is 17.2 Å². The number of nitrogens with zero attached hydrogens (tertiary/aromatic N) is 1. The lowest BCUT2D eigenvalue weighted by atomic mass is 10.1. The molecule has 1 heterocycles. The van der Waals surface area contributed by atoms with Crippen molar-refractivity contribution < 1.29 is 9.53 Å². The number of ether oxygens (including phenoxy) is 1. The van der Waals surface area contributed by atoms with Crippen LogP contribution < -0.4 is 0 Å². The quantitative estimate of drug-likeness (QED) is 0.616. The van der Waals surface area contributed by atoms with Crippen molar-refractivity contribution >= 4 is 23.3 Å². The van der Waals surface area contributed by atoms with E-state index in [0.29, 0.717) is 6.61 Å². The Morgan fingerprint density at radius 1 is 1.75 bits per heavy atom. The molecule has 0 saturated carbocycles. The molecule has 1 unspecified atom stereocenters. The topological polar surface area (TPSA) is 38.7 Å². The molecule has 68 valence electrons. The van der Waals surface area contributed by atoms with Gasteiger partial charge in [0.15, 0.2) is 0 Å². The monoisotopic (exact) mass is 189 g/mol. The number of hydrogen-bond acceptors (Lipinski definition) is 3. The molecule has 0 bridgehead atoms. The van der Waals surface area contributed by atoms with Crippen molar-refractivity contribution in [2.24, 2.45) is 4.99 Å². The Kier molecular flexibility index (Phi) is 2.42. The van der Waals surface area contributed by atoms with Gasteiger partial charge in [0.05, 0.1) is 10.9 Å². The number of hydrogen-bond donors (Lipinski definition) is 0. The molecule has 0 aromatic carbocycles. The minimum absolute atomic E-state index is 0.169. The van der Waals surface area contributed by atoms with Gasteiger partial charge >= 0.3 is 0 Å². The molecule has 1 rings (SSSR count). The first-order valence-corrected chi connectivity index (χ1v) is 4.27. The SMILES string of the molecule is CC(Cl)C(=O)C1=NC(C)(C)CO1. The Hall–Kier alpha value is -0.570. The highest BCUT2D eigenvalue weighted by molar-refractivity contribution is 6.49. The number of rotatable bonds is 2. The minimum Gasteiger partial charge on any atom is -0.473 e. The number of halogens is 1. The molecule has 0 radical (unpaired) electrons. The van der Waals surface area contributed by atoms with Crippen LogP contribution in [0.2, 0.25) is 0 Å². The third-order valence-electron chi connectivity index (χ3n) is 1.54. The van der Waals surface area contributed by atoms with Crippen molar-refractivity contribution in [2.45, 2.75) is 31.7 Å². The smallest absolute Gasteiger partial charge is 0.255 e. The number of Topliss-reactive ketones (excluding diaryl/α,β-unsaturated/α-hetero) is 1. The van der Waals surface area contributed by atoms with Gasteiger partial charge in [-0.25, -0.2) is 4.99 Å². The van der Waals surface area contributed by atoms with E-state index in [4.69, 9.17) is 16.3 Å². The van der Waals surface area contributed by atoms with E-state index < -0.39 is 5.38 Å². The third-order valence-corrected chi connectivity index (χ3v) is 1.74. The summed E-state index contributed by atoms with van der Waals surface area (Å²) in [7, 11) is 0. The minimum atomic E-state index is -0.558. The number of carbonyl (C=O) groups is 1. The van der Waals surface area contributed by atoms with E-state index in [1.807, 2.05) is 13.8 Å². The number of carbonyl (C=O) groups excluding carboxylic acids is 1. The van der Waals surface area contributed by atoms with Gasteiger partial charge in [-0.3, -0.25) is 4.79 Å². The van der Waals surface area contributed by atoms with E-state index in [2.05, 4.69) is 4.99 Å². The standard InChI is InChI=1S/C8H12ClNO2/c1-5(9)6(11)7-10-8(2,3)4-12-7/h5H,4H2,1-3H3. The van der Waals surface area contributed by atoms with E-state index in [0.717, 1.165) is 0 Å². The van der Waals surface area contributed by atoms with Gasteiger partial charge in [-0.05, 0) is 20.8 Å². The molecule has 0 N–H and O–H groups in total. The summed E-state index contributed by atoms with van der Waals surface area (Å²) in [6.45, 7) is 5.89. The fraction of sp³-hybridized carbons (Fsp3) is 0.750. The third kappa shape index (κ3) is 1.97. The van der Waals surface area contributed by atoms with Crippen molar-refractivity contribution in [3.05, 3.63) is 0 Å². The normalized spacial score (nSPS) is 22.8. The van der Waals surface area contributed by atoms with Gasteiger partial charge in [0, 0.05) is 0 Å². The maximum Gasteiger partial charge on any atom is 0.255 e. The molecule has 12 heavy (non-hydrogen) atoms. The summed E-state index contributed by atoms with van der Waals surface area (Å²) in [5.74, 6) is -0.0651. The summed E-state index contributed by atoms with van der Waals surface area (Å²) in [4.78, 5) is 15.3. The second-order valence-electron chi connectivity index (χ2n) is 3.50. The van der Waals surface area contributed by atoms with E-state index in [1.165, 1.54) is 0 Å². The summed E-state index contributed by atoms with van der Waals surface area (Å²) in [5, 5.41) is -0.558. The van der Waals surface area contributed by atoms with Crippen molar-refractivity contribution in [3.63, 3.8) is 0 Å². The molecule has 1 aliphatic rings. The largest absolute Gasteiger partial charge is 0.473 e. The highest BCUT2D eigenvalue weighted by Gasteiger charge is 2.31. The Labute approximate surface area is 76.8 Å². The Bertz CT molecular complexity index is 233. The van der Waals surface area contributed by atoms with Crippen LogP contribution in [-0.4, -0.2) is 29.2 Å². The maximum atomic E-state index is 11.2. The van der Waals surface area contributed by atoms with Crippen molar-refractivity contribution in [2.75, 3.05) is 6.61 Å². The molecular weight excluding hydrogens is 178 g/mol. The molecule has 4 heteroatoms. The molecule has 0 spiro atoms. The molecular formula is C8H12ClNO2. The maximum absolute atomic E-state index is 11.2. The predicted molar refractivity (Wildman–Crippen MR) is 47.8 cm³/mol. The highest BCUT2D eigenvalue weighted by Crippen LogP contribution is 2.18. The lowest BCUT2D eigenvalue weighted by molar-refractivity contribution is -0.113. The zero-order chi connectivity index (χ0) is 9.35. The van der Waals surface area contributed by atoms with E-state index in [9.17, 15) is 4.79 Å². The van der Waals surface area contributed by atoms with Crippen LogP contribution in [0.3, 0.4) is 0 Å². The fourth-order valence-electron chi connectivity index (χ4n) is 0.881. The number of aliphatic imine (C=N–C) groups is 1. The van der Waals surface area contributed by atoms with Gasteiger partial charge in [-0.1, -0.05) is 0 Å². The van der Waals surface area contributed by atoms with E-state index >= 15 is 0 Å². The molecule has 0 aliphatic carbocycles. The Morgan fingerprint density at radius 2 is 2.33 bits per heavy atom. The van der Waals surface area contributed by atoms with Gasteiger partial charge in [-0.2, -0.15) is 0 Å². The molecule has 0 fully saturated rings. The summed E-state index contributed by atoms with van der Waals surface area (Å²) in [6, 6.07) is 0. The fourth-order valence-corrected chi connectivity index (χ4v) is 0.974. The van der Waals surface area contributed by atoms with Crippen LogP contribution in [0.15, 0.2) is 4.99 Å². The van der Waals surface area contributed by atoms with Crippen LogP contribution in [0.1, 0.15) is 20.8 Å². The molecule has 0 amide bonds. The lowest BCUT2D eigenvalue weighted by Gasteiger charge is -2.07. The van der Waals surface area contributed by atoms with Crippen molar-refractivity contribution in [1.82, 2.24) is 0 Å². The number of ketones is 1. The molecule has 0 aromatic rings. The summed E-state index contributed by atoms with van der Waals surface area (Å²) >= 11 is 5.59. The van der Waals surface area contributed by atoms with E-state index in [1.54, 1.807) is 6.92 Å². The van der Waals surface area contributed by atoms with Gasteiger partial charge in [0.2, 0.25) is 5.78 Å². The van der Waals surface area contributed by atoms with Crippen LogP contribution in [-0.2, 0) is 9.53 Å². The first-order valence-electron chi connectivity index (χ1n) is 3.83. The molecule has 0 saturated heterocycles. The zero-order valence-electron chi connectivity index (χ0n) is 7.43. The van der Waals surface area contributed by atoms with Crippen molar-refractivity contribution in [3.8, 4) is 0 Å². The van der Waals surface area contributed by atoms with Crippen LogP contribution in [0.4, 0.5) is 0 Å². The van der Waals surface area contributed by atoms with Gasteiger partial charge < -0.3 is 4.74 Å². The van der Waals surface area contributed by atoms with Crippen LogP contribution in [0.25, 0.3) is 0 Å². The van der Waals surface area contributed by atoms with Crippen LogP contribution in [0.5, 0.6) is 0 Å². The van der Waals surface area contributed by atoms with Gasteiger partial charge in [0.1, 0.15) is 6.61 Å². The first-order chi connectivity index (χ1) is 5.42. The zero-order valence-corrected chi connectivity index (χ0v) is 8.18. The van der Waals surface area contributed by atoms with Gasteiger partial charge in [0.25, 0.3) is 5.90 Å². The van der Waals surface area contributed by atoms with Crippen LogP contribution >= 0.6 is 11.6 Å². The summed E-state index contributed by atoms with van der Waals surface area (Å²) < 4.78 is 5.11. The second-order valence-corrected chi connectivity index (χ2v) is 4.15. The average Bonchev–Trinajstić information content (AvgIpc) is 2.28. The van der Waals surface area contributed by atoms with Gasteiger partial charge in [-0.15, -0.1) is 11.6 Å². The molecule has 1 aliphatic heterocycles. The summed E-state index contributed by atoms with van der Waals surface area (Å²) in [5.41, 5.74) is -0.281. The number of alkyl halides is 1. The summed E-state index contributed by atoms with van der Waals surface area (Å²) in [6.07, 6.45) is 0. The molecule has 0 aromatic heterocycles. The lowest BCUT2D eigenvalue weighted by Crippen LogP contribution is -2.21. The molecule has 1 atom stereocenters.